The van der Waals surface area contributed by atoms with E-state index in [1.807, 2.05) is 0 Å². The Labute approximate surface area is 127 Å². The van der Waals surface area contributed by atoms with Crippen molar-refractivity contribution in [1.29, 1.82) is 0 Å². The Balaban J connectivity index is 2.28. The maximum Gasteiger partial charge on any atom is 0.222 e. The van der Waals surface area contributed by atoms with E-state index in [2.05, 4.69) is 5.32 Å². The van der Waals surface area contributed by atoms with Crippen molar-refractivity contribution in [3.8, 4) is 0 Å². The number of hydrogen-bond acceptors (Lipinski definition) is 5. The van der Waals surface area contributed by atoms with Gasteiger partial charge in [0.15, 0.2) is 9.84 Å². The second kappa shape index (κ2) is 6.44. The number of thiophene rings is 1. The molecular formula is C14H17NO4S2. The summed E-state index contributed by atoms with van der Waals surface area (Å²) in [6.45, 7) is 3.50. The van der Waals surface area contributed by atoms with Gasteiger partial charge in [-0.05, 0) is 23.6 Å². The van der Waals surface area contributed by atoms with Crippen molar-refractivity contribution in [2.24, 2.45) is 5.92 Å². The van der Waals surface area contributed by atoms with Crippen LogP contribution in [0.25, 0.3) is 0 Å². The summed E-state index contributed by atoms with van der Waals surface area (Å²) in [5.41, 5.74) is 0. The molecular weight excluding hydrogens is 310 g/mol. The first kappa shape index (κ1) is 15.8. The van der Waals surface area contributed by atoms with Crippen LogP contribution in [-0.4, -0.2) is 20.9 Å². The molecule has 2 aromatic heterocycles. The summed E-state index contributed by atoms with van der Waals surface area (Å²) in [6.07, 6.45) is 1.43. The molecule has 1 atom stereocenters. The average Bonchev–Trinajstić information content (AvgIpc) is 3.11. The standard InChI is InChI=1S/C14H17NO4S2/c1-10(2)14(16)15-9-12(11-5-3-7-19-11)21(17,18)13-6-4-8-20-13/h3-8,10,12H,9H2,1-2H3,(H,15,16)/t12-/m1/s1. The van der Waals surface area contributed by atoms with E-state index >= 15 is 0 Å². The van der Waals surface area contributed by atoms with Crippen molar-refractivity contribution in [3.05, 3.63) is 41.7 Å². The smallest absolute Gasteiger partial charge is 0.222 e. The normalized spacial score (nSPS) is 13.3. The monoisotopic (exact) mass is 327 g/mol. The van der Waals surface area contributed by atoms with Crippen LogP contribution >= 0.6 is 11.3 Å². The van der Waals surface area contributed by atoms with Crippen LogP contribution < -0.4 is 5.32 Å². The summed E-state index contributed by atoms with van der Waals surface area (Å²) in [5.74, 6) is -0.0629. The Morgan fingerprint density at radius 1 is 1.33 bits per heavy atom. The summed E-state index contributed by atoms with van der Waals surface area (Å²) in [4.78, 5) is 11.7. The molecule has 0 radical (unpaired) electrons. The zero-order chi connectivity index (χ0) is 15.5. The first-order valence-corrected chi connectivity index (χ1v) is 8.94. The predicted molar refractivity (Wildman–Crippen MR) is 80.8 cm³/mol. The Morgan fingerprint density at radius 2 is 2.10 bits per heavy atom. The van der Waals surface area contributed by atoms with Gasteiger partial charge in [0.2, 0.25) is 5.91 Å². The van der Waals surface area contributed by atoms with Crippen molar-refractivity contribution in [2.45, 2.75) is 23.3 Å². The zero-order valence-corrected chi connectivity index (χ0v) is 13.4. The molecule has 0 spiro atoms. The van der Waals surface area contributed by atoms with Crippen LogP contribution in [0.4, 0.5) is 0 Å². The highest BCUT2D eigenvalue weighted by molar-refractivity contribution is 7.93. The molecule has 2 heterocycles. The highest BCUT2D eigenvalue weighted by Gasteiger charge is 2.32. The highest BCUT2D eigenvalue weighted by atomic mass is 32.2. The maximum atomic E-state index is 12.7. The largest absolute Gasteiger partial charge is 0.468 e. The van der Waals surface area contributed by atoms with E-state index in [1.54, 1.807) is 43.5 Å². The molecule has 7 heteroatoms. The third-order valence-electron chi connectivity index (χ3n) is 3.00. The molecule has 0 bridgehead atoms. The van der Waals surface area contributed by atoms with Gasteiger partial charge in [0, 0.05) is 12.5 Å². The van der Waals surface area contributed by atoms with E-state index < -0.39 is 15.1 Å². The molecule has 0 saturated heterocycles. The number of amides is 1. The van der Waals surface area contributed by atoms with Crippen LogP contribution in [0.3, 0.4) is 0 Å². The number of carbonyl (C=O) groups excluding carboxylic acids is 1. The van der Waals surface area contributed by atoms with E-state index in [0.717, 1.165) is 11.3 Å². The molecule has 0 fully saturated rings. The topological polar surface area (TPSA) is 76.4 Å². The number of rotatable bonds is 6. The predicted octanol–water partition coefficient (Wildman–Crippen LogP) is 2.63. The van der Waals surface area contributed by atoms with Gasteiger partial charge in [0.05, 0.1) is 6.26 Å². The summed E-state index contributed by atoms with van der Waals surface area (Å²) in [6, 6.07) is 6.48. The van der Waals surface area contributed by atoms with Crippen molar-refractivity contribution < 1.29 is 17.6 Å². The lowest BCUT2D eigenvalue weighted by atomic mass is 10.2. The van der Waals surface area contributed by atoms with E-state index in [9.17, 15) is 13.2 Å². The first-order valence-electron chi connectivity index (χ1n) is 6.51. The van der Waals surface area contributed by atoms with Crippen molar-refractivity contribution in [2.75, 3.05) is 6.54 Å². The quantitative estimate of drug-likeness (QED) is 0.885. The van der Waals surface area contributed by atoms with Crippen molar-refractivity contribution in [1.82, 2.24) is 5.32 Å². The lowest BCUT2D eigenvalue weighted by Crippen LogP contribution is -2.34. The summed E-state index contributed by atoms with van der Waals surface area (Å²) in [5, 5.41) is 3.45. The van der Waals surface area contributed by atoms with Crippen LogP contribution in [0.15, 0.2) is 44.5 Å². The lowest BCUT2D eigenvalue weighted by Gasteiger charge is -2.16. The average molecular weight is 327 g/mol. The number of nitrogens with one attached hydrogen (secondary N) is 1. The molecule has 1 N–H and O–H groups in total. The number of furan rings is 1. The van der Waals surface area contributed by atoms with Gasteiger partial charge >= 0.3 is 0 Å². The molecule has 0 aromatic carbocycles. The van der Waals surface area contributed by atoms with Gasteiger partial charge in [-0.3, -0.25) is 4.79 Å². The van der Waals surface area contributed by atoms with E-state index in [1.165, 1.54) is 6.26 Å². The van der Waals surface area contributed by atoms with Gasteiger partial charge in [-0.25, -0.2) is 8.42 Å². The van der Waals surface area contributed by atoms with Gasteiger partial charge in [-0.1, -0.05) is 19.9 Å². The molecule has 1 amide bonds. The molecule has 0 unspecified atom stereocenters. The summed E-state index contributed by atoms with van der Waals surface area (Å²) in [7, 11) is -3.59. The Kier molecular flexibility index (Phi) is 4.84. The SMILES string of the molecule is CC(C)C(=O)NC[C@H](c1ccco1)S(=O)(=O)c1cccs1. The van der Waals surface area contributed by atoms with Crippen molar-refractivity contribution in [3.63, 3.8) is 0 Å². The molecule has 0 aliphatic heterocycles. The second-order valence-corrected chi connectivity index (χ2v) is 8.19. The fraction of sp³-hybridized carbons (Fsp3) is 0.357. The highest BCUT2D eigenvalue weighted by Crippen LogP contribution is 2.31. The van der Waals surface area contributed by atoms with Gasteiger partial charge in [-0.15, -0.1) is 11.3 Å². The van der Waals surface area contributed by atoms with Gasteiger partial charge in [0.1, 0.15) is 15.2 Å². The molecule has 2 rings (SSSR count). The third-order valence-corrected chi connectivity index (χ3v) is 6.49. The Bertz CT molecular complexity index is 673. The fourth-order valence-corrected chi connectivity index (χ4v) is 4.59. The van der Waals surface area contributed by atoms with E-state index in [0.29, 0.717) is 5.76 Å². The number of hydrogen-bond donors (Lipinski definition) is 1. The molecule has 0 saturated carbocycles. The molecule has 0 aliphatic carbocycles. The lowest BCUT2D eigenvalue weighted by molar-refractivity contribution is -0.123. The van der Waals surface area contributed by atoms with Crippen LogP contribution in [0, 0.1) is 5.92 Å². The van der Waals surface area contributed by atoms with Crippen LogP contribution in [0.1, 0.15) is 24.9 Å². The third kappa shape index (κ3) is 3.54. The molecule has 21 heavy (non-hydrogen) atoms. The zero-order valence-electron chi connectivity index (χ0n) is 11.8. The Morgan fingerprint density at radius 3 is 2.62 bits per heavy atom. The maximum absolute atomic E-state index is 12.7. The Hall–Kier alpha value is -1.60. The fourth-order valence-electron chi connectivity index (χ4n) is 1.80. The van der Waals surface area contributed by atoms with Crippen LogP contribution in [-0.2, 0) is 14.6 Å². The molecule has 2 aromatic rings. The molecule has 5 nitrogen and oxygen atoms in total. The minimum absolute atomic E-state index is 0.00917. The van der Waals surface area contributed by atoms with E-state index in [4.69, 9.17) is 4.42 Å². The molecule has 114 valence electrons. The minimum atomic E-state index is -3.59. The minimum Gasteiger partial charge on any atom is -0.468 e. The van der Waals surface area contributed by atoms with Gasteiger partial charge in [0.25, 0.3) is 0 Å². The van der Waals surface area contributed by atoms with Crippen LogP contribution in [0.5, 0.6) is 0 Å². The summed E-state index contributed by atoms with van der Waals surface area (Å²) < 4.78 is 30.9. The number of sulfone groups is 1. The van der Waals surface area contributed by atoms with Crippen LogP contribution in [0.2, 0.25) is 0 Å². The number of carbonyl (C=O) groups is 1. The van der Waals surface area contributed by atoms with E-state index in [-0.39, 0.29) is 22.6 Å². The second-order valence-electron chi connectivity index (χ2n) is 4.88. The van der Waals surface area contributed by atoms with Gasteiger partial charge < -0.3 is 9.73 Å². The molecule has 0 aliphatic rings. The summed E-state index contributed by atoms with van der Waals surface area (Å²) >= 11 is 1.15. The van der Waals surface area contributed by atoms with Gasteiger partial charge in [-0.2, -0.15) is 0 Å². The first-order chi connectivity index (χ1) is 9.93. The van der Waals surface area contributed by atoms with Crippen molar-refractivity contribution >= 4 is 27.1 Å².